The Kier molecular flexibility index (Phi) is 3.62. The molecule has 0 saturated heterocycles. The van der Waals surface area contributed by atoms with E-state index in [0.717, 1.165) is 28.9 Å². The second-order valence-electron chi connectivity index (χ2n) is 5.46. The van der Waals surface area contributed by atoms with Crippen LogP contribution in [0.4, 0.5) is 0 Å². The molecule has 3 heteroatoms. The van der Waals surface area contributed by atoms with Gasteiger partial charge in [-0.3, -0.25) is 4.68 Å². The Bertz CT molecular complexity index is 739. The average molecular weight is 277 g/mol. The lowest BCUT2D eigenvalue weighted by atomic mass is 9.96. The van der Waals surface area contributed by atoms with E-state index in [9.17, 15) is 0 Å². The first-order valence-corrected chi connectivity index (χ1v) is 7.40. The first-order chi connectivity index (χ1) is 10.2. The molecule has 21 heavy (non-hydrogen) atoms. The van der Waals surface area contributed by atoms with E-state index in [1.54, 1.807) is 0 Å². The summed E-state index contributed by atoms with van der Waals surface area (Å²) in [5, 5.41) is 8.27. The first kappa shape index (κ1) is 13.6. The van der Waals surface area contributed by atoms with E-state index in [-0.39, 0.29) is 0 Å². The van der Waals surface area contributed by atoms with E-state index < -0.39 is 0 Å². The molecule has 0 bridgehead atoms. The minimum absolute atomic E-state index is 0.612. The molecule has 1 heterocycles. The van der Waals surface area contributed by atoms with Crippen LogP contribution >= 0.6 is 0 Å². The van der Waals surface area contributed by atoms with Crippen LogP contribution in [0.25, 0.3) is 5.57 Å². The van der Waals surface area contributed by atoms with Gasteiger partial charge in [0.25, 0.3) is 0 Å². The average Bonchev–Trinajstić information content (AvgIpc) is 3.20. The molecule has 0 radical (unpaired) electrons. The van der Waals surface area contributed by atoms with Gasteiger partial charge in [-0.2, -0.15) is 0 Å². The third-order valence-corrected chi connectivity index (χ3v) is 3.82. The summed E-state index contributed by atoms with van der Waals surface area (Å²) in [7, 11) is 0. The van der Waals surface area contributed by atoms with Crippen molar-refractivity contribution in [2.75, 3.05) is 0 Å². The lowest BCUT2D eigenvalue weighted by Crippen LogP contribution is -1.94. The van der Waals surface area contributed by atoms with Crippen molar-refractivity contribution in [3.63, 3.8) is 0 Å². The highest BCUT2D eigenvalue weighted by atomic mass is 15.4. The predicted octanol–water partition coefficient (Wildman–Crippen LogP) is 3.43. The fraction of sp³-hybridized carbons (Fsp3) is 0.333. The lowest BCUT2D eigenvalue weighted by molar-refractivity contribution is 0.626. The van der Waals surface area contributed by atoms with Crippen molar-refractivity contribution in [3.8, 4) is 11.8 Å². The Balaban J connectivity index is 1.92. The number of nitrogens with zero attached hydrogens (tertiary/aromatic N) is 3. The van der Waals surface area contributed by atoms with Gasteiger partial charge in [-0.1, -0.05) is 35.8 Å². The molecule has 1 aromatic heterocycles. The number of aryl methyl sites for hydroxylation is 1. The molecule has 0 amide bonds. The van der Waals surface area contributed by atoms with Crippen LogP contribution < -0.4 is 0 Å². The van der Waals surface area contributed by atoms with Crippen LogP contribution in [0.3, 0.4) is 0 Å². The highest BCUT2D eigenvalue weighted by Gasteiger charge is 2.18. The van der Waals surface area contributed by atoms with E-state index in [0.29, 0.717) is 5.92 Å². The van der Waals surface area contributed by atoms with Gasteiger partial charge in [0.05, 0.1) is 6.20 Å². The maximum absolute atomic E-state index is 4.20. The minimum Gasteiger partial charge on any atom is -0.252 e. The minimum atomic E-state index is 0.612. The second kappa shape index (κ2) is 5.57. The SMILES string of the molecule is C=C(c1cn(CC)nn1)c1cccc(C#CC2CC2)c1C. The zero-order valence-corrected chi connectivity index (χ0v) is 12.6. The summed E-state index contributed by atoms with van der Waals surface area (Å²) in [5.74, 6) is 7.24. The number of hydrogen-bond donors (Lipinski definition) is 0. The summed E-state index contributed by atoms with van der Waals surface area (Å²) in [4.78, 5) is 0. The zero-order chi connectivity index (χ0) is 14.8. The monoisotopic (exact) mass is 277 g/mol. The lowest BCUT2D eigenvalue weighted by Gasteiger charge is -2.08. The zero-order valence-electron chi connectivity index (χ0n) is 12.6. The Morgan fingerprint density at radius 2 is 2.24 bits per heavy atom. The third kappa shape index (κ3) is 2.90. The van der Waals surface area contributed by atoms with Crippen molar-refractivity contribution in [2.45, 2.75) is 33.2 Å². The van der Waals surface area contributed by atoms with Gasteiger partial charge in [0.1, 0.15) is 5.69 Å². The van der Waals surface area contributed by atoms with Crippen LogP contribution in [-0.2, 0) is 6.54 Å². The van der Waals surface area contributed by atoms with Gasteiger partial charge in [-0.15, -0.1) is 5.10 Å². The summed E-state index contributed by atoms with van der Waals surface area (Å²) < 4.78 is 1.81. The molecule has 3 rings (SSSR count). The van der Waals surface area contributed by atoms with Crippen LogP contribution in [0.1, 0.15) is 42.1 Å². The maximum Gasteiger partial charge on any atom is 0.113 e. The van der Waals surface area contributed by atoms with Crippen molar-refractivity contribution in [1.29, 1.82) is 0 Å². The van der Waals surface area contributed by atoms with Crippen molar-refractivity contribution < 1.29 is 0 Å². The molecule has 1 fully saturated rings. The highest BCUT2D eigenvalue weighted by molar-refractivity contribution is 5.78. The molecule has 1 aliphatic rings. The molecule has 1 saturated carbocycles. The summed E-state index contributed by atoms with van der Waals surface area (Å²) >= 11 is 0. The van der Waals surface area contributed by atoms with Crippen molar-refractivity contribution in [2.24, 2.45) is 5.92 Å². The number of rotatable bonds is 3. The molecular weight excluding hydrogens is 258 g/mol. The molecule has 1 aliphatic carbocycles. The molecule has 0 N–H and O–H groups in total. The van der Waals surface area contributed by atoms with Gasteiger partial charge in [0.15, 0.2) is 0 Å². The molecule has 3 nitrogen and oxygen atoms in total. The maximum atomic E-state index is 4.20. The van der Waals surface area contributed by atoms with Crippen LogP contribution in [0.15, 0.2) is 31.0 Å². The number of benzene rings is 1. The molecule has 0 unspecified atom stereocenters. The fourth-order valence-corrected chi connectivity index (χ4v) is 2.23. The Labute approximate surface area is 125 Å². The molecular formula is C18H19N3. The molecule has 1 aromatic carbocycles. The van der Waals surface area contributed by atoms with Crippen LogP contribution in [0.2, 0.25) is 0 Å². The Morgan fingerprint density at radius 1 is 1.43 bits per heavy atom. The second-order valence-corrected chi connectivity index (χ2v) is 5.46. The van der Waals surface area contributed by atoms with E-state index >= 15 is 0 Å². The first-order valence-electron chi connectivity index (χ1n) is 7.40. The normalized spacial score (nSPS) is 13.6. The Morgan fingerprint density at radius 3 is 2.90 bits per heavy atom. The predicted molar refractivity (Wildman–Crippen MR) is 84.6 cm³/mol. The molecule has 0 spiro atoms. The Hall–Kier alpha value is -2.34. The van der Waals surface area contributed by atoms with Crippen LogP contribution in [0, 0.1) is 24.7 Å². The van der Waals surface area contributed by atoms with Crippen LogP contribution in [-0.4, -0.2) is 15.0 Å². The van der Waals surface area contributed by atoms with E-state index in [1.807, 2.05) is 23.9 Å². The summed E-state index contributed by atoms with van der Waals surface area (Å²) in [6.45, 7) is 9.14. The van der Waals surface area contributed by atoms with Crippen molar-refractivity contribution in [1.82, 2.24) is 15.0 Å². The van der Waals surface area contributed by atoms with Gasteiger partial charge in [0.2, 0.25) is 0 Å². The highest BCUT2D eigenvalue weighted by Crippen LogP contribution is 2.28. The quantitative estimate of drug-likeness (QED) is 0.805. The molecule has 106 valence electrons. The van der Waals surface area contributed by atoms with Gasteiger partial charge in [-0.05, 0) is 43.9 Å². The summed E-state index contributed by atoms with van der Waals surface area (Å²) in [6, 6.07) is 6.18. The topological polar surface area (TPSA) is 30.7 Å². The van der Waals surface area contributed by atoms with Crippen molar-refractivity contribution in [3.05, 3.63) is 53.4 Å². The van der Waals surface area contributed by atoms with Gasteiger partial charge < -0.3 is 0 Å². The number of hydrogen-bond acceptors (Lipinski definition) is 2. The smallest absolute Gasteiger partial charge is 0.113 e. The van der Waals surface area contributed by atoms with E-state index in [2.05, 4.69) is 47.8 Å². The van der Waals surface area contributed by atoms with Gasteiger partial charge in [0, 0.05) is 23.6 Å². The van der Waals surface area contributed by atoms with Gasteiger partial charge >= 0.3 is 0 Å². The van der Waals surface area contributed by atoms with E-state index in [4.69, 9.17) is 0 Å². The molecule has 2 aromatic rings. The van der Waals surface area contributed by atoms with Crippen molar-refractivity contribution >= 4 is 5.57 Å². The standard InChI is InChI=1S/C18H19N3/c1-4-21-12-18(19-20-21)14(3)17-7-5-6-16(13(17)2)11-10-15-8-9-15/h5-7,12,15H,3-4,8-9H2,1-2H3. The summed E-state index contributed by atoms with van der Waals surface area (Å²) in [6.07, 6.45) is 4.43. The van der Waals surface area contributed by atoms with Crippen LogP contribution in [0.5, 0.6) is 0 Å². The molecule has 0 atom stereocenters. The third-order valence-electron chi connectivity index (χ3n) is 3.82. The summed E-state index contributed by atoms with van der Waals surface area (Å²) in [5.41, 5.74) is 5.08. The largest absolute Gasteiger partial charge is 0.252 e. The number of aromatic nitrogens is 3. The molecule has 0 aliphatic heterocycles. The van der Waals surface area contributed by atoms with E-state index in [1.165, 1.54) is 18.4 Å². The fourth-order valence-electron chi connectivity index (χ4n) is 2.23. The van der Waals surface area contributed by atoms with Gasteiger partial charge in [-0.25, -0.2) is 0 Å².